The minimum absolute atomic E-state index is 0.0519. The molecular formula is C11H10ClN5O4. The average Bonchev–Trinajstić information content (AvgIpc) is 2.81. The molecule has 0 bridgehead atoms. The standard InChI is InChI=1S/C11H10ClN5O4/c12-7-1-2-8(17(20)21)6(3-7)5-16-9(4-13)10(11(18)19)14-15-16/h1-3H,4-5,13H2,(H,18,19). The molecular weight excluding hydrogens is 302 g/mol. The van der Waals surface area contributed by atoms with Gasteiger partial charge in [-0.15, -0.1) is 5.10 Å². The highest BCUT2D eigenvalue weighted by Gasteiger charge is 2.20. The van der Waals surface area contributed by atoms with Gasteiger partial charge in [-0.25, -0.2) is 9.48 Å². The summed E-state index contributed by atoms with van der Waals surface area (Å²) in [6.07, 6.45) is 0. The Bertz CT molecular complexity index is 715. The maximum atomic E-state index is 11.0. The molecule has 21 heavy (non-hydrogen) atoms. The van der Waals surface area contributed by atoms with E-state index in [2.05, 4.69) is 10.3 Å². The number of rotatable bonds is 5. The van der Waals surface area contributed by atoms with Gasteiger partial charge in [0.05, 0.1) is 22.7 Å². The lowest BCUT2D eigenvalue weighted by Crippen LogP contribution is -2.13. The van der Waals surface area contributed by atoms with E-state index in [4.69, 9.17) is 22.4 Å². The van der Waals surface area contributed by atoms with E-state index in [1.807, 2.05) is 0 Å². The number of hydrogen-bond acceptors (Lipinski definition) is 6. The Balaban J connectivity index is 2.45. The van der Waals surface area contributed by atoms with Gasteiger partial charge in [-0.1, -0.05) is 16.8 Å². The second-order valence-electron chi connectivity index (χ2n) is 4.08. The normalized spacial score (nSPS) is 10.6. The first-order chi connectivity index (χ1) is 9.93. The number of halogens is 1. The number of hydrogen-bond donors (Lipinski definition) is 2. The predicted molar refractivity (Wildman–Crippen MR) is 72.1 cm³/mol. The lowest BCUT2D eigenvalue weighted by molar-refractivity contribution is -0.385. The number of benzene rings is 1. The molecule has 0 aliphatic heterocycles. The fourth-order valence-corrected chi connectivity index (χ4v) is 2.04. The third-order valence-corrected chi connectivity index (χ3v) is 3.03. The van der Waals surface area contributed by atoms with E-state index in [1.54, 1.807) is 0 Å². The monoisotopic (exact) mass is 311 g/mol. The number of aromatic nitrogens is 3. The third-order valence-electron chi connectivity index (χ3n) is 2.79. The number of nitrogens with zero attached hydrogens (tertiary/aromatic N) is 4. The fourth-order valence-electron chi connectivity index (χ4n) is 1.85. The molecule has 0 amide bonds. The van der Waals surface area contributed by atoms with Crippen LogP contribution in [0.15, 0.2) is 18.2 Å². The van der Waals surface area contributed by atoms with Crippen LogP contribution in [0.2, 0.25) is 5.02 Å². The van der Waals surface area contributed by atoms with Crippen molar-refractivity contribution in [3.63, 3.8) is 0 Å². The van der Waals surface area contributed by atoms with Crippen LogP contribution in [0, 0.1) is 10.1 Å². The number of nitrogens with two attached hydrogens (primary N) is 1. The molecule has 0 saturated heterocycles. The molecule has 0 radical (unpaired) electrons. The van der Waals surface area contributed by atoms with Gasteiger partial charge in [0, 0.05) is 17.6 Å². The van der Waals surface area contributed by atoms with Gasteiger partial charge in [0.15, 0.2) is 5.69 Å². The number of nitro groups is 1. The van der Waals surface area contributed by atoms with E-state index < -0.39 is 10.9 Å². The summed E-state index contributed by atoms with van der Waals surface area (Å²) in [7, 11) is 0. The van der Waals surface area contributed by atoms with Crippen molar-refractivity contribution in [2.75, 3.05) is 0 Å². The Labute approximate surface area is 123 Å². The first-order valence-electron chi connectivity index (χ1n) is 5.72. The summed E-state index contributed by atoms with van der Waals surface area (Å²) in [6, 6.07) is 4.09. The van der Waals surface area contributed by atoms with E-state index >= 15 is 0 Å². The molecule has 10 heteroatoms. The van der Waals surface area contributed by atoms with Crippen molar-refractivity contribution in [2.45, 2.75) is 13.1 Å². The van der Waals surface area contributed by atoms with E-state index in [1.165, 1.54) is 22.9 Å². The van der Waals surface area contributed by atoms with Crippen molar-refractivity contribution in [3.05, 3.63) is 50.3 Å². The van der Waals surface area contributed by atoms with E-state index in [9.17, 15) is 14.9 Å². The predicted octanol–water partition coefficient (Wildman–Crippen LogP) is 1.04. The van der Waals surface area contributed by atoms with Gasteiger partial charge in [0.1, 0.15) is 0 Å². The number of carboxylic acids is 1. The molecule has 0 atom stereocenters. The van der Waals surface area contributed by atoms with Crippen LogP contribution in [0.1, 0.15) is 21.7 Å². The number of nitro benzene ring substituents is 1. The van der Waals surface area contributed by atoms with Crippen LogP contribution in [-0.4, -0.2) is 31.0 Å². The first kappa shape index (κ1) is 14.9. The van der Waals surface area contributed by atoms with E-state index in [-0.39, 0.29) is 35.7 Å². The second kappa shape index (κ2) is 5.85. The van der Waals surface area contributed by atoms with Crippen LogP contribution in [0.25, 0.3) is 0 Å². The summed E-state index contributed by atoms with van der Waals surface area (Å²) in [5.74, 6) is -1.26. The Morgan fingerprint density at radius 3 is 2.81 bits per heavy atom. The molecule has 0 spiro atoms. The molecule has 2 aromatic rings. The van der Waals surface area contributed by atoms with Gasteiger partial charge in [0.2, 0.25) is 0 Å². The van der Waals surface area contributed by atoms with Crippen molar-refractivity contribution < 1.29 is 14.8 Å². The third kappa shape index (κ3) is 2.98. The second-order valence-corrected chi connectivity index (χ2v) is 4.52. The minimum Gasteiger partial charge on any atom is -0.476 e. The van der Waals surface area contributed by atoms with Gasteiger partial charge in [-0.3, -0.25) is 10.1 Å². The van der Waals surface area contributed by atoms with Gasteiger partial charge in [-0.05, 0) is 12.1 Å². The smallest absolute Gasteiger partial charge is 0.358 e. The number of carbonyl (C=O) groups is 1. The summed E-state index contributed by atoms with van der Waals surface area (Å²) in [5, 5.41) is 27.5. The molecule has 1 aromatic heterocycles. The summed E-state index contributed by atoms with van der Waals surface area (Å²) in [5.41, 5.74) is 5.53. The summed E-state index contributed by atoms with van der Waals surface area (Å²) >= 11 is 5.83. The van der Waals surface area contributed by atoms with E-state index in [0.29, 0.717) is 5.02 Å². The molecule has 1 aromatic carbocycles. The lowest BCUT2D eigenvalue weighted by atomic mass is 10.1. The maximum absolute atomic E-state index is 11.0. The molecule has 3 N–H and O–H groups in total. The number of aromatic carboxylic acids is 1. The molecule has 0 aliphatic rings. The van der Waals surface area contributed by atoms with Gasteiger partial charge < -0.3 is 10.8 Å². The maximum Gasteiger partial charge on any atom is 0.358 e. The highest BCUT2D eigenvalue weighted by Crippen LogP contribution is 2.24. The summed E-state index contributed by atoms with van der Waals surface area (Å²) in [4.78, 5) is 21.4. The Kier molecular flexibility index (Phi) is 4.15. The molecule has 2 rings (SSSR count). The molecule has 0 fully saturated rings. The van der Waals surface area contributed by atoms with Crippen molar-refractivity contribution in [2.24, 2.45) is 5.73 Å². The Morgan fingerprint density at radius 1 is 1.52 bits per heavy atom. The quantitative estimate of drug-likeness (QED) is 0.621. The highest BCUT2D eigenvalue weighted by molar-refractivity contribution is 6.30. The lowest BCUT2D eigenvalue weighted by Gasteiger charge is -2.06. The largest absolute Gasteiger partial charge is 0.476 e. The highest BCUT2D eigenvalue weighted by atomic mass is 35.5. The molecule has 110 valence electrons. The van der Waals surface area contributed by atoms with Crippen molar-refractivity contribution in [1.29, 1.82) is 0 Å². The zero-order chi connectivity index (χ0) is 15.6. The zero-order valence-electron chi connectivity index (χ0n) is 10.6. The average molecular weight is 312 g/mol. The van der Waals surface area contributed by atoms with Crippen molar-refractivity contribution in [1.82, 2.24) is 15.0 Å². The molecule has 0 saturated carbocycles. The first-order valence-corrected chi connectivity index (χ1v) is 6.10. The fraction of sp³-hybridized carbons (Fsp3) is 0.182. The Morgan fingerprint density at radius 2 is 2.24 bits per heavy atom. The summed E-state index contributed by atoms with van der Waals surface area (Å²) < 4.78 is 1.21. The molecule has 9 nitrogen and oxygen atoms in total. The summed E-state index contributed by atoms with van der Waals surface area (Å²) in [6.45, 7) is -0.160. The van der Waals surface area contributed by atoms with Crippen molar-refractivity contribution >= 4 is 23.3 Å². The molecule has 0 aliphatic carbocycles. The topological polar surface area (TPSA) is 137 Å². The van der Waals surface area contributed by atoms with Gasteiger partial charge >= 0.3 is 5.97 Å². The Hall–Kier alpha value is -2.52. The SMILES string of the molecule is NCc1c(C(=O)O)nnn1Cc1cc(Cl)ccc1[N+](=O)[O-]. The van der Waals surface area contributed by atoms with Crippen LogP contribution in [0.4, 0.5) is 5.69 Å². The van der Waals surface area contributed by atoms with Gasteiger partial charge in [-0.2, -0.15) is 0 Å². The van der Waals surface area contributed by atoms with Crippen LogP contribution >= 0.6 is 11.6 Å². The molecule has 1 heterocycles. The van der Waals surface area contributed by atoms with Crippen LogP contribution in [0.3, 0.4) is 0 Å². The zero-order valence-corrected chi connectivity index (χ0v) is 11.3. The van der Waals surface area contributed by atoms with Crippen molar-refractivity contribution in [3.8, 4) is 0 Å². The van der Waals surface area contributed by atoms with Crippen LogP contribution in [-0.2, 0) is 13.1 Å². The van der Waals surface area contributed by atoms with Gasteiger partial charge in [0.25, 0.3) is 5.69 Å². The molecule has 0 unspecified atom stereocenters. The van der Waals surface area contributed by atoms with Crippen LogP contribution < -0.4 is 5.73 Å². The van der Waals surface area contributed by atoms with E-state index in [0.717, 1.165) is 0 Å². The minimum atomic E-state index is -1.26. The van der Waals surface area contributed by atoms with Crippen LogP contribution in [0.5, 0.6) is 0 Å². The number of carboxylic acid groups (broad SMARTS) is 1.